The van der Waals surface area contributed by atoms with Crippen molar-refractivity contribution >= 4 is 18.1 Å². The summed E-state index contributed by atoms with van der Waals surface area (Å²) in [6.07, 6.45) is 1.81. The third kappa shape index (κ3) is 1.13. The third-order valence-corrected chi connectivity index (χ3v) is 3.09. The van der Waals surface area contributed by atoms with Crippen molar-refractivity contribution in [3.8, 4) is 0 Å². The molecule has 0 spiro atoms. The van der Waals surface area contributed by atoms with E-state index < -0.39 is 0 Å². The number of aliphatic imine (C=N–C) groups is 1. The summed E-state index contributed by atoms with van der Waals surface area (Å²) in [7, 11) is 0. The molecular formula is C6H11N3S. The Morgan fingerprint density at radius 2 is 2.60 bits per heavy atom. The Kier molecular flexibility index (Phi) is 1.82. The van der Waals surface area contributed by atoms with Gasteiger partial charge < -0.3 is 10.6 Å². The van der Waals surface area contributed by atoms with Gasteiger partial charge in [-0.05, 0) is 0 Å². The van der Waals surface area contributed by atoms with Crippen molar-refractivity contribution < 1.29 is 0 Å². The average molecular weight is 157 g/mol. The molecule has 10 heavy (non-hydrogen) atoms. The van der Waals surface area contributed by atoms with Gasteiger partial charge in [-0.2, -0.15) is 0 Å². The van der Waals surface area contributed by atoms with Crippen LogP contribution in [0, 0.1) is 0 Å². The second-order valence-electron chi connectivity index (χ2n) is 2.51. The number of hydrogen-bond acceptors (Lipinski definition) is 4. The minimum atomic E-state index is 0.535. The molecule has 0 amide bonds. The molecule has 2 unspecified atom stereocenters. The lowest BCUT2D eigenvalue weighted by Gasteiger charge is -2.16. The molecule has 0 bridgehead atoms. The molecule has 0 aromatic heterocycles. The smallest absolute Gasteiger partial charge is 0.0828 e. The van der Waals surface area contributed by atoms with Crippen LogP contribution in [0.2, 0.25) is 0 Å². The van der Waals surface area contributed by atoms with E-state index in [1.807, 2.05) is 18.1 Å². The highest BCUT2D eigenvalue weighted by atomic mass is 32.2. The molecule has 1 saturated heterocycles. The molecule has 2 aliphatic heterocycles. The molecule has 56 valence electrons. The summed E-state index contributed by atoms with van der Waals surface area (Å²) in [5.41, 5.74) is 0. The zero-order chi connectivity index (χ0) is 6.81. The fourth-order valence-electron chi connectivity index (χ4n) is 1.25. The third-order valence-electron chi connectivity index (χ3n) is 1.79. The number of hydrogen-bond donors (Lipinski definition) is 2. The second-order valence-corrected chi connectivity index (χ2v) is 3.76. The Hall–Kier alpha value is -0.220. The summed E-state index contributed by atoms with van der Waals surface area (Å²) < 4.78 is 0. The second kappa shape index (κ2) is 2.80. The van der Waals surface area contributed by atoms with Gasteiger partial charge in [-0.25, -0.2) is 0 Å². The number of rotatable bonds is 1. The van der Waals surface area contributed by atoms with Gasteiger partial charge in [0.15, 0.2) is 0 Å². The molecule has 2 aliphatic rings. The van der Waals surface area contributed by atoms with E-state index in [4.69, 9.17) is 0 Å². The van der Waals surface area contributed by atoms with Crippen molar-refractivity contribution in [1.29, 1.82) is 0 Å². The van der Waals surface area contributed by atoms with E-state index in [0.29, 0.717) is 11.4 Å². The lowest BCUT2D eigenvalue weighted by atomic mass is 10.3. The average Bonchev–Trinajstić information content (AvgIpc) is 2.59. The first-order valence-electron chi connectivity index (χ1n) is 3.56. The van der Waals surface area contributed by atoms with Crippen molar-refractivity contribution in [2.24, 2.45) is 4.99 Å². The van der Waals surface area contributed by atoms with E-state index in [1.54, 1.807) is 0 Å². The van der Waals surface area contributed by atoms with Gasteiger partial charge in [0, 0.05) is 12.3 Å². The molecule has 0 radical (unpaired) electrons. The molecule has 2 atom stereocenters. The van der Waals surface area contributed by atoms with Gasteiger partial charge in [0.25, 0.3) is 0 Å². The van der Waals surface area contributed by atoms with Gasteiger partial charge in [-0.1, -0.05) is 0 Å². The maximum Gasteiger partial charge on any atom is 0.0828 e. The molecule has 0 saturated carbocycles. The molecule has 0 aromatic carbocycles. The van der Waals surface area contributed by atoms with Gasteiger partial charge in [0.05, 0.1) is 24.3 Å². The summed E-state index contributed by atoms with van der Waals surface area (Å²) in [5, 5.41) is 7.23. The van der Waals surface area contributed by atoms with Gasteiger partial charge in [0.1, 0.15) is 0 Å². The summed E-state index contributed by atoms with van der Waals surface area (Å²) in [6, 6.07) is 0.535. The SMILES string of the molecule is C1=NCC(C2NCCS2)N1. The van der Waals surface area contributed by atoms with Crippen molar-refractivity contribution in [2.45, 2.75) is 11.4 Å². The molecular weight excluding hydrogens is 146 g/mol. The Labute approximate surface area is 64.7 Å². The highest BCUT2D eigenvalue weighted by Gasteiger charge is 2.25. The van der Waals surface area contributed by atoms with E-state index in [1.165, 1.54) is 5.75 Å². The number of nitrogens with zero attached hydrogens (tertiary/aromatic N) is 1. The highest BCUT2D eigenvalue weighted by molar-refractivity contribution is 8.00. The first-order chi connectivity index (χ1) is 4.97. The van der Waals surface area contributed by atoms with Gasteiger partial charge >= 0.3 is 0 Å². The zero-order valence-corrected chi connectivity index (χ0v) is 6.53. The molecule has 1 fully saturated rings. The minimum absolute atomic E-state index is 0.535. The van der Waals surface area contributed by atoms with Crippen molar-refractivity contribution in [3.05, 3.63) is 0 Å². The lowest BCUT2D eigenvalue weighted by Crippen LogP contribution is -2.41. The standard InChI is InChI=1S/C6H11N3S/c1-2-10-6(8-1)5-3-7-4-9-5/h4-6,8H,1-3H2,(H,7,9). The predicted molar refractivity (Wildman–Crippen MR) is 44.5 cm³/mol. The van der Waals surface area contributed by atoms with Crippen LogP contribution in [0.25, 0.3) is 0 Å². The van der Waals surface area contributed by atoms with Crippen LogP contribution in [0.1, 0.15) is 0 Å². The van der Waals surface area contributed by atoms with Crippen molar-refractivity contribution in [1.82, 2.24) is 10.6 Å². The van der Waals surface area contributed by atoms with Crippen LogP contribution in [0.3, 0.4) is 0 Å². The van der Waals surface area contributed by atoms with E-state index in [-0.39, 0.29) is 0 Å². The summed E-state index contributed by atoms with van der Waals surface area (Å²) in [5.74, 6) is 1.24. The lowest BCUT2D eigenvalue weighted by molar-refractivity contribution is 0.564. The molecule has 2 rings (SSSR count). The normalized spacial score (nSPS) is 38.4. The van der Waals surface area contributed by atoms with Crippen LogP contribution in [-0.2, 0) is 0 Å². The largest absolute Gasteiger partial charge is 0.369 e. The molecule has 2 N–H and O–H groups in total. The first-order valence-corrected chi connectivity index (χ1v) is 4.61. The quantitative estimate of drug-likeness (QED) is 0.546. The molecule has 4 heteroatoms. The van der Waals surface area contributed by atoms with E-state index in [0.717, 1.165) is 13.1 Å². The van der Waals surface area contributed by atoms with Gasteiger partial charge in [-0.15, -0.1) is 11.8 Å². The number of thioether (sulfide) groups is 1. The number of nitrogens with one attached hydrogen (secondary N) is 2. The Morgan fingerprint density at radius 3 is 3.20 bits per heavy atom. The van der Waals surface area contributed by atoms with Crippen molar-refractivity contribution in [2.75, 3.05) is 18.8 Å². The maximum absolute atomic E-state index is 4.12. The Morgan fingerprint density at radius 1 is 1.60 bits per heavy atom. The molecule has 2 heterocycles. The molecule has 3 nitrogen and oxygen atoms in total. The van der Waals surface area contributed by atoms with E-state index in [9.17, 15) is 0 Å². The van der Waals surface area contributed by atoms with Crippen LogP contribution in [-0.4, -0.2) is 36.6 Å². The fraction of sp³-hybridized carbons (Fsp3) is 0.833. The van der Waals surface area contributed by atoms with Crippen LogP contribution >= 0.6 is 11.8 Å². The zero-order valence-electron chi connectivity index (χ0n) is 5.71. The fourth-order valence-corrected chi connectivity index (χ4v) is 2.38. The predicted octanol–water partition coefficient (Wildman–Crippen LogP) is -0.351. The first kappa shape index (κ1) is 6.49. The maximum atomic E-state index is 4.12. The molecule has 0 aliphatic carbocycles. The van der Waals surface area contributed by atoms with Gasteiger partial charge in [-0.3, -0.25) is 4.99 Å². The van der Waals surface area contributed by atoms with Gasteiger partial charge in [0.2, 0.25) is 0 Å². The summed E-state index contributed by atoms with van der Waals surface area (Å²) in [6.45, 7) is 2.08. The summed E-state index contributed by atoms with van der Waals surface area (Å²) in [4.78, 5) is 4.12. The van der Waals surface area contributed by atoms with E-state index in [2.05, 4.69) is 15.6 Å². The van der Waals surface area contributed by atoms with Crippen LogP contribution in [0.5, 0.6) is 0 Å². The monoisotopic (exact) mass is 157 g/mol. The highest BCUT2D eigenvalue weighted by Crippen LogP contribution is 2.18. The topological polar surface area (TPSA) is 36.4 Å². The van der Waals surface area contributed by atoms with Crippen LogP contribution < -0.4 is 10.6 Å². The molecule has 0 aromatic rings. The van der Waals surface area contributed by atoms with E-state index >= 15 is 0 Å². The Bertz CT molecular complexity index is 134. The van der Waals surface area contributed by atoms with Crippen LogP contribution in [0.15, 0.2) is 4.99 Å². The van der Waals surface area contributed by atoms with Crippen molar-refractivity contribution in [3.63, 3.8) is 0 Å². The Balaban J connectivity index is 1.87. The summed E-state index contributed by atoms with van der Waals surface area (Å²) >= 11 is 1.99. The minimum Gasteiger partial charge on any atom is -0.369 e. The van der Waals surface area contributed by atoms with Crippen LogP contribution in [0.4, 0.5) is 0 Å².